The molecule has 0 aliphatic carbocycles. The van der Waals surface area contributed by atoms with Crippen LogP contribution in [0.5, 0.6) is 5.75 Å². The van der Waals surface area contributed by atoms with E-state index in [4.69, 9.17) is 9.47 Å². The summed E-state index contributed by atoms with van der Waals surface area (Å²) in [5.74, 6) is 0.708. The lowest BCUT2D eigenvalue weighted by Gasteiger charge is -2.32. The van der Waals surface area contributed by atoms with Crippen LogP contribution in [0.4, 0.5) is 16.2 Å². The van der Waals surface area contributed by atoms with E-state index in [2.05, 4.69) is 22.3 Å². The van der Waals surface area contributed by atoms with Crippen LogP contribution in [0.15, 0.2) is 53.4 Å². The zero-order valence-corrected chi connectivity index (χ0v) is 19.3. The molecule has 2 fully saturated rings. The molecule has 1 atom stereocenters. The van der Waals surface area contributed by atoms with Gasteiger partial charge in [-0.15, -0.1) is 11.8 Å². The van der Waals surface area contributed by atoms with Crippen LogP contribution in [0.1, 0.15) is 19.8 Å². The summed E-state index contributed by atoms with van der Waals surface area (Å²) in [6.45, 7) is 4.84. The first-order chi connectivity index (χ1) is 15.5. The number of cyclic esters (lactones) is 1. The highest BCUT2D eigenvalue weighted by Gasteiger charge is 2.34. The van der Waals surface area contributed by atoms with Gasteiger partial charge in [-0.3, -0.25) is 14.6 Å². The summed E-state index contributed by atoms with van der Waals surface area (Å²) >= 11 is 1.89. The van der Waals surface area contributed by atoms with Crippen molar-refractivity contribution in [2.24, 2.45) is 0 Å². The molecule has 0 radical (unpaired) electrons. The molecule has 0 bridgehead atoms. The zero-order valence-electron chi connectivity index (χ0n) is 18.5. The van der Waals surface area contributed by atoms with Gasteiger partial charge in [0.1, 0.15) is 11.9 Å². The van der Waals surface area contributed by atoms with Gasteiger partial charge in [-0.2, -0.15) is 0 Å². The first-order valence-corrected chi connectivity index (χ1v) is 11.8. The molecule has 0 aromatic heterocycles. The minimum atomic E-state index is -0.284. The monoisotopic (exact) mass is 455 g/mol. The Morgan fingerprint density at radius 3 is 2.44 bits per heavy atom. The topological polar surface area (TPSA) is 71.1 Å². The predicted octanol–water partition coefficient (Wildman–Crippen LogP) is 4.24. The fourth-order valence-corrected chi connectivity index (χ4v) is 5.22. The number of amides is 2. The maximum absolute atomic E-state index is 12.3. The van der Waals surface area contributed by atoms with Crippen molar-refractivity contribution in [2.45, 2.75) is 36.0 Å². The molecule has 2 aromatic carbocycles. The normalized spacial score (nSPS) is 19.6. The molecule has 32 heavy (non-hydrogen) atoms. The first kappa shape index (κ1) is 22.5. The van der Waals surface area contributed by atoms with Gasteiger partial charge in [-0.25, -0.2) is 4.79 Å². The predicted molar refractivity (Wildman–Crippen MR) is 127 cm³/mol. The number of piperidine rings is 1. The molecule has 1 unspecified atom stereocenters. The van der Waals surface area contributed by atoms with Crippen molar-refractivity contribution in [1.82, 2.24) is 4.90 Å². The number of hydrogen-bond acceptors (Lipinski definition) is 6. The molecule has 170 valence electrons. The Hall–Kier alpha value is -2.71. The molecule has 4 rings (SSSR count). The number of ether oxygens (including phenoxy) is 2. The SMILES string of the molecule is COc1ccc(N2CC(CN3CCC(Sc4ccc(NC(C)=O)cc4)CC3)OC2=O)cc1. The average Bonchev–Trinajstić information content (AvgIpc) is 3.16. The van der Waals surface area contributed by atoms with Gasteiger partial charge < -0.3 is 14.8 Å². The number of nitrogens with zero attached hydrogens (tertiary/aromatic N) is 2. The molecule has 2 aliphatic heterocycles. The minimum absolute atomic E-state index is 0.0576. The Labute approximate surface area is 193 Å². The Morgan fingerprint density at radius 2 is 1.81 bits per heavy atom. The third-order valence-corrected chi connectivity index (χ3v) is 7.08. The number of nitrogens with one attached hydrogen (secondary N) is 1. The quantitative estimate of drug-likeness (QED) is 0.674. The molecule has 2 aromatic rings. The van der Waals surface area contributed by atoms with Crippen LogP contribution in [0.25, 0.3) is 0 Å². The van der Waals surface area contributed by atoms with Gasteiger partial charge >= 0.3 is 6.09 Å². The largest absolute Gasteiger partial charge is 0.497 e. The lowest BCUT2D eigenvalue weighted by molar-refractivity contribution is -0.114. The minimum Gasteiger partial charge on any atom is -0.497 e. The first-order valence-electron chi connectivity index (χ1n) is 10.9. The van der Waals surface area contributed by atoms with E-state index in [0.29, 0.717) is 11.8 Å². The van der Waals surface area contributed by atoms with Gasteiger partial charge in [0.25, 0.3) is 0 Å². The fourth-order valence-electron chi connectivity index (χ4n) is 4.10. The number of thioether (sulfide) groups is 1. The lowest BCUT2D eigenvalue weighted by atomic mass is 10.1. The summed E-state index contributed by atoms with van der Waals surface area (Å²) in [7, 11) is 1.63. The summed E-state index contributed by atoms with van der Waals surface area (Å²) in [6.07, 6.45) is 1.80. The number of carbonyl (C=O) groups excluding carboxylic acids is 2. The third kappa shape index (κ3) is 5.75. The highest BCUT2D eigenvalue weighted by molar-refractivity contribution is 8.00. The van der Waals surface area contributed by atoms with E-state index in [-0.39, 0.29) is 18.1 Å². The summed E-state index contributed by atoms with van der Waals surface area (Å²) < 4.78 is 10.8. The Balaban J connectivity index is 1.22. The molecule has 7 nitrogen and oxygen atoms in total. The molecule has 2 saturated heterocycles. The van der Waals surface area contributed by atoms with Crippen LogP contribution < -0.4 is 15.0 Å². The standard InChI is InChI=1S/C24H29N3O4S/c1-17(28)25-18-3-9-22(10-4-18)32-23-11-13-26(14-12-23)15-21-16-27(24(29)31-21)19-5-7-20(30-2)8-6-19/h3-10,21,23H,11-16H2,1-2H3,(H,25,28). The molecule has 2 aliphatic rings. The van der Waals surface area contributed by atoms with Crippen molar-refractivity contribution in [3.8, 4) is 5.75 Å². The van der Waals surface area contributed by atoms with E-state index in [9.17, 15) is 9.59 Å². The number of likely N-dealkylation sites (tertiary alicyclic amines) is 1. The third-order valence-electron chi connectivity index (χ3n) is 5.73. The summed E-state index contributed by atoms with van der Waals surface area (Å²) in [5, 5.41) is 3.37. The number of rotatable bonds is 7. The number of methoxy groups -OCH3 is 1. The Bertz CT molecular complexity index is 927. The van der Waals surface area contributed by atoms with Crippen molar-refractivity contribution in [1.29, 1.82) is 0 Å². The highest BCUT2D eigenvalue weighted by Crippen LogP contribution is 2.32. The van der Waals surface area contributed by atoms with Crippen molar-refractivity contribution in [2.75, 3.05) is 43.5 Å². The van der Waals surface area contributed by atoms with Gasteiger partial charge in [0.15, 0.2) is 0 Å². The van der Waals surface area contributed by atoms with Crippen molar-refractivity contribution in [3.63, 3.8) is 0 Å². The molecule has 2 amide bonds. The maximum atomic E-state index is 12.3. The van der Waals surface area contributed by atoms with E-state index >= 15 is 0 Å². The zero-order chi connectivity index (χ0) is 22.5. The Morgan fingerprint density at radius 1 is 1.12 bits per heavy atom. The van der Waals surface area contributed by atoms with Crippen LogP contribution in [0.2, 0.25) is 0 Å². The maximum Gasteiger partial charge on any atom is 0.414 e. The number of benzene rings is 2. The van der Waals surface area contributed by atoms with Gasteiger partial charge in [-0.05, 0) is 74.5 Å². The van der Waals surface area contributed by atoms with Crippen LogP contribution >= 0.6 is 11.8 Å². The molecular formula is C24H29N3O4S. The van der Waals surface area contributed by atoms with Gasteiger partial charge in [0.2, 0.25) is 5.91 Å². The average molecular weight is 456 g/mol. The second-order valence-electron chi connectivity index (χ2n) is 8.14. The molecular weight excluding hydrogens is 426 g/mol. The van der Waals surface area contributed by atoms with Gasteiger partial charge in [0.05, 0.1) is 13.7 Å². The van der Waals surface area contributed by atoms with E-state index in [1.807, 2.05) is 48.2 Å². The van der Waals surface area contributed by atoms with Crippen LogP contribution in [-0.4, -0.2) is 61.5 Å². The highest BCUT2D eigenvalue weighted by atomic mass is 32.2. The molecule has 2 heterocycles. The number of carbonyl (C=O) groups is 2. The van der Waals surface area contributed by atoms with Crippen molar-refractivity contribution >= 4 is 35.1 Å². The smallest absolute Gasteiger partial charge is 0.414 e. The Kier molecular flexibility index (Phi) is 7.22. The van der Waals surface area contributed by atoms with Gasteiger partial charge in [-0.1, -0.05) is 0 Å². The lowest BCUT2D eigenvalue weighted by Crippen LogP contribution is -2.40. The number of anilines is 2. The molecule has 0 saturated carbocycles. The second kappa shape index (κ2) is 10.3. The second-order valence-corrected chi connectivity index (χ2v) is 9.51. The van der Waals surface area contributed by atoms with Crippen molar-refractivity contribution in [3.05, 3.63) is 48.5 Å². The molecule has 8 heteroatoms. The van der Waals surface area contributed by atoms with E-state index < -0.39 is 0 Å². The van der Waals surface area contributed by atoms with Crippen LogP contribution in [0, 0.1) is 0 Å². The van der Waals surface area contributed by atoms with E-state index in [0.717, 1.165) is 49.6 Å². The summed E-state index contributed by atoms with van der Waals surface area (Å²) in [5.41, 5.74) is 1.66. The fraction of sp³-hybridized carbons (Fsp3) is 0.417. The van der Waals surface area contributed by atoms with E-state index in [1.165, 1.54) is 11.8 Å². The number of hydrogen-bond donors (Lipinski definition) is 1. The summed E-state index contributed by atoms with van der Waals surface area (Å²) in [6, 6.07) is 15.5. The summed E-state index contributed by atoms with van der Waals surface area (Å²) in [4.78, 5) is 28.8. The molecule has 1 N–H and O–H groups in total. The van der Waals surface area contributed by atoms with Crippen molar-refractivity contribution < 1.29 is 19.1 Å². The molecule has 0 spiro atoms. The van der Waals surface area contributed by atoms with E-state index in [1.54, 1.807) is 12.0 Å². The van der Waals surface area contributed by atoms with Crippen LogP contribution in [0.3, 0.4) is 0 Å². The van der Waals surface area contributed by atoms with Crippen LogP contribution in [-0.2, 0) is 9.53 Å². The van der Waals surface area contributed by atoms with Gasteiger partial charge in [0, 0.05) is 35.0 Å².